The Bertz CT molecular complexity index is 270. The first-order valence-electron chi connectivity index (χ1n) is 6.92. The van der Waals surface area contributed by atoms with E-state index in [1.165, 1.54) is 6.42 Å². The third kappa shape index (κ3) is 3.19. The van der Waals surface area contributed by atoms with Gasteiger partial charge < -0.3 is 10.4 Å². The van der Waals surface area contributed by atoms with E-state index in [-0.39, 0.29) is 18.1 Å². The summed E-state index contributed by atoms with van der Waals surface area (Å²) in [5.74, 6) is 0.140. The zero-order valence-corrected chi connectivity index (χ0v) is 10.7. The largest absolute Gasteiger partial charge is 0.391 e. The summed E-state index contributed by atoms with van der Waals surface area (Å²) < 4.78 is 0. The van der Waals surface area contributed by atoms with Crippen LogP contribution in [-0.4, -0.2) is 47.2 Å². The summed E-state index contributed by atoms with van der Waals surface area (Å²) in [6.07, 6.45) is 5.37. The van der Waals surface area contributed by atoms with Crippen LogP contribution in [0.5, 0.6) is 0 Å². The molecule has 0 aromatic carbocycles. The Balaban J connectivity index is 1.80. The first-order valence-corrected chi connectivity index (χ1v) is 6.92. The number of amides is 1. The lowest BCUT2D eigenvalue weighted by Crippen LogP contribution is -2.55. The molecule has 1 amide bonds. The Labute approximate surface area is 103 Å². The molecule has 2 saturated heterocycles. The normalized spacial score (nSPS) is 33.4. The molecule has 2 rings (SSSR count). The highest BCUT2D eigenvalue weighted by Gasteiger charge is 2.37. The van der Waals surface area contributed by atoms with E-state index in [4.69, 9.17) is 0 Å². The molecule has 2 aliphatic heterocycles. The van der Waals surface area contributed by atoms with Gasteiger partial charge in [-0.25, -0.2) is 0 Å². The van der Waals surface area contributed by atoms with E-state index in [0.717, 1.165) is 38.8 Å². The maximum Gasteiger partial charge on any atom is 0.220 e. The molecule has 2 fully saturated rings. The van der Waals surface area contributed by atoms with E-state index in [9.17, 15) is 9.90 Å². The Morgan fingerprint density at radius 2 is 2.35 bits per heavy atom. The lowest BCUT2D eigenvalue weighted by atomic mass is 9.95. The first kappa shape index (κ1) is 12.8. The molecule has 2 N–H and O–H groups in total. The molecular weight excluding hydrogens is 216 g/mol. The monoisotopic (exact) mass is 240 g/mol. The van der Waals surface area contributed by atoms with E-state index < -0.39 is 0 Å². The van der Waals surface area contributed by atoms with Gasteiger partial charge in [0.2, 0.25) is 5.91 Å². The molecule has 2 heterocycles. The van der Waals surface area contributed by atoms with Crippen molar-refractivity contribution in [3.8, 4) is 0 Å². The number of piperidine rings is 1. The van der Waals surface area contributed by atoms with Gasteiger partial charge in [-0.2, -0.15) is 0 Å². The minimum Gasteiger partial charge on any atom is -0.391 e. The number of nitrogens with one attached hydrogen (secondary N) is 1. The standard InChI is InChI=1S/C13H24N2O2/c1-2-3-6-13(17)14-10-8-12(16)11-5-4-7-15(11)9-10/h10-12,16H,2-9H2,1H3,(H,14,17). The van der Waals surface area contributed by atoms with E-state index in [2.05, 4.69) is 17.1 Å². The average molecular weight is 240 g/mol. The fourth-order valence-corrected chi connectivity index (χ4v) is 3.06. The summed E-state index contributed by atoms with van der Waals surface area (Å²) in [5, 5.41) is 13.1. The van der Waals surface area contributed by atoms with Crippen molar-refractivity contribution >= 4 is 5.91 Å². The number of fused-ring (bicyclic) bond motifs is 1. The van der Waals surface area contributed by atoms with Crippen LogP contribution in [0.1, 0.15) is 45.4 Å². The van der Waals surface area contributed by atoms with Gasteiger partial charge in [0.1, 0.15) is 0 Å². The van der Waals surface area contributed by atoms with Gasteiger partial charge in [-0.15, -0.1) is 0 Å². The van der Waals surface area contributed by atoms with Crippen LogP contribution in [0.3, 0.4) is 0 Å². The smallest absolute Gasteiger partial charge is 0.220 e. The van der Waals surface area contributed by atoms with Crippen LogP contribution in [0.2, 0.25) is 0 Å². The zero-order chi connectivity index (χ0) is 12.3. The van der Waals surface area contributed by atoms with E-state index in [1.807, 2.05) is 0 Å². The molecule has 3 unspecified atom stereocenters. The molecule has 98 valence electrons. The molecule has 0 aliphatic carbocycles. The fraction of sp³-hybridized carbons (Fsp3) is 0.923. The number of carbonyl (C=O) groups excluding carboxylic acids is 1. The van der Waals surface area contributed by atoms with Crippen molar-refractivity contribution in [2.45, 2.75) is 63.6 Å². The first-order chi connectivity index (χ1) is 8.20. The highest BCUT2D eigenvalue weighted by molar-refractivity contribution is 5.76. The molecule has 0 saturated carbocycles. The predicted octanol–water partition coefficient (Wildman–Crippen LogP) is 0.890. The van der Waals surface area contributed by atoms with Crippen molar-refractivity contribution < 1.29 is 9.90 Å². The van der Waals surface area contributed by atoms with Crippen LogP contribution >= 0.6 is 0 Å². The van der Waals surface area contributed by atoms with Crippen molar-refractivity contribution in [1.82, 2.24) is 10.2 Å². The Hall–Kier alpha value is -0.610. The summed E-state index contributed by atoms with van der Waals surface area (Å²) in [5.41, 5.74) is 0. The molecule has 4 heteroatoms. The number of unbranched alkanes of at least 4 members (excludes halogenated alkanes) is 1. The van der Waals surface area contributed by atoms with Gasteiger partial charge >= 0.3 is 0 Å². The van der Waals surface area contributed by atoms with Crippen LogP contribution in [0, 0.1) is 0 Å². The van der Waals surface area contributed by atoms with Gasteiger partial charge in [-0.3, -0.25) is 9.69 Å². The van der Waals surface area contributed by atoms with Gasteiger partial charge in [0.05, 0.1) is 6.10 Å². The highest BCUT2D eigenvalue weighted by Crippen LogP contribution is 2.27. The van der Waals surface area contributed by atoms with Gasteiger partial charge in [0.15, 0.2) is 0 Å². The fourth-order valence-electron chi connectivity index (χ4n) is 3.06. The maximum absolute atomic E-state index is 11.7. The highest BCUT2D eigenvalue weighted by atomic mass is 16.3. The minimum atomic E-state index is -0.261. The predicted molar refractivity (Wildman–Crippen MR) is 66.7 cm³/mol. The molecule has 0 spiro atoms. The van der Waals surface area contributed by atoms with Gasteiger partial charge in [-0.05, 0) is 32.2 Å². The van der Waals surface area contributed by atoms with Crippen LogP contribution < -0.4 is 5.32 Å². The Morgan fingerprint density at radius 3 is 3.12 bits per heavy atom. The summed E-state index contributed by atoms with van der Waals surface area (Å²) >= 11 is 0. The number of hydrogen-bond acceptors (Lipinski definition) is 3. The van der Waals surface area contributed by atoms with E-state index in [0.29, 0.717) is 12.5 Å². The summed E-state index contributed by atoms with van der Waals surface area (Å²) in [6.45, 7) is 4.08. The average Bonchev–Trinajstić information content (AvgIpc) is 2.75. The van der Waals surface area contributed by atoms with Gasteiger partial charge in [0.25, 0.3) is 0 Å². The summed E-state index contributed by atoms with van der Waals surface area (Å²) in [7, 11) is 0. The third-order valence-corrected chi connectivity index (χ3v) is 3.96. The number of nitrogens with zero attached hydrogens (tertiary/aromatic N) is 1. The van der Waals surface area contributed by atoms with Crippen molar-refractivity contribution in [3.05, 3.63) is 0 Å². The lowest BCUT2D eigenvalue weighted by molar-refractivity contribution is -0.122. The van der Waals surface area contributed by atoms with Crippen LogP contribution in [0.15, 0.2) is 0 Å². The molecule has 0 bridgehead atoms. The molecule has 0 aromatic rings. The summed E-state index contributed by atoms with van der Waals surface area (Å²) in [4.78, 5) is 14.0. The van der Waals surface area contributed by atoms with Crippen molar-refractivity contribution in [2.24, 2.45) is 0 Å². The maximum atomic E-state index is 11.7. The number of carbonyl (C=O) groups is 1. The molecule has 3 atom stereocenters. The van der Waals surface area contributed by atoms with Crippen molar-refractivity contribution in [3.63, 3.8) is 0 Å². The SMILES string of the molecule is CCCCC(=O)NC1CC(O)C2CCCN2C1. The minimum absolute atomic E-state index is 0.140. The second-order valence-electron chi connectivity index (χ2n) is 5.38. The molecular formula is C13H24N2O2. The second-order valence-corrected chi connectivity index (χ2v) is 5.38. The quantitative estimate of drug-likeness (QED) is 0.767. The number of rotatable bonds is 4. The summed E-state index contributed by atoms with van der Waals surface area (Å²) in [6, 6.07) is 0.488. The van der Waals surface area contributed by atoms with Crippen LogP contribution in [0.4, 0.5) is 0 Å². The van der Waals surface area contributed by atoms with Gasteiger partial charge in [-0.1, -0.05) is 13.3 Å². The lowest BCUT2D eigenvalue weighted by Gasteiger charge is -2.38. The third-order valence-electron chi connectivity index (χ3n) is 3.96. The van der Waals surface area contributed by atoms with Crippen molar-refractivity contribution in [1.29, 1.82) is 0 Å². The van der Waals surface area contributed by atoms with Crippen LogP contribution in [-0.2, 0) is 4.79 Å². The number of hydrogen-bond donors (Lipinski definition) is 2. The molecule has 2 aliphatic rings. The van der Waals surface area contributed by atoms with E-state index in [1.54, 1.807) is 0 Å². The molecule has 0 aromatic heterocycles. The zero-order valence-electron chi connectivity index (χ0n) is 10.7. The Kier molecular flexibility index (Phi) is 4.40. The number of aliphatic hydroxyl groups excluding tert-OH is 1. The second kappa shape index (κ2) is 5.83. The van der Waals surface area contributed by atoms with Crippen LogP contribution in [0.25, 0.3) is 0 Å². The molecule has 4 nitrogen and oxygen atoms in total. The van der Waals surface area contributed by atoms with Gasteiger partial charge in [0, 0.05) is 25.0 Å². The van der Waals surface area contributed by atoms with Crippen molar-refractivity contribution in [2.75, 3.05) is 13.1 Å². The topological polar surface area (TPSA) is 52.6 Å². The Morgan fingerprint density at radius 1 is 1.53 bits per heavy atom. The molecule has 17 heavy (non-hydrogen) atoms. The van der Waals surface area contributed by atoms with E-state index >= 15 is 0 Å². The molecule has 0 radical (unpaired) electrons. The number of aliphatic hydroxyl groups is 1.